The molecule has 0 bridgehead atoms. The average molecular weight is 884 g/mol. The number of alkyl halides is 2. The number of nitrogens with one attached hydrogen (secondary N) is 2. The van der Waals surface area contributed by atoms with Crippen molar-refractivity contribution in [2.24, 2.45) is 0 Å². The topological polar surface area (TPSA) is 41.1 Å². The van der Waals surface area contributed by atoms with E-state index in [0.717, 1.165) is 72.4 Å². The minimum atomic E-state index is -0.592. The van der Waals surface area contributed by atoms with Crippen LogP contribution in [0.3, 0.4) is 0 Å². The molecule has 0 aromatic heterocycles. The first kappa shape index (κ1) is 40.1. The van der Waals surface area contributed by atoms with Crippen LogP contribution in [0.15, 0.2) is 168 Å². The van der Waals surface area contributed by atoms with Crippen LogP contribution in [0.25, 0.3) is 22.3 Å². The summed E-state index contributed by atoms with van der Waals surface area (Å²) in [6.07, 6.45) is 14.3. The highest BCUT2D eigenvalue weighted by Crippen LogP contribution is 2.50. The van der Waals surface area contributed by atoms with E-state index in [4.69, 9.17) is 23.2 Å². The number of benzene rings is 4. The Labute approximate surface area is 346 Å². The molecule has 276 valence electrons. The average Bonchev–Trinajstić information content (AvgIpc) is 3.18. The van der Waals surface area contributed by atoms with Crippen LogP contribution in [0.5, 0.6) is 0 Å². The maximum absolute atomic E-state index is 14.1. The molecule has 0 saturated carbocycles. The van der Waals surface area contributed by atoms with Crippen molar-refractivity contribution in [1.82, 2.24) is 10.6 Å². The maximum Gasteiger partial charge on any atom is 0.195 e. The van der Waals surface area contributed by atoms with Gasteiger partial charge in [0.05, 0.1) is 8.65 Å². The van der Waals surface area contributed by atoms with Crippen molar-refractivity contribution >= 4 is 60.8 Å². The summed E-state index contributed by atoms with van der Waals surface area (Å²) in [5.74, 6) is -0.183. The predicted octanol–water partition coefficient (Wildman–Crippen LogP) is 12.7. The number of halogens is 4. The Bertz CT molecular complexity index is 1980. The van der Waals surface area contributed by atoms with Gasteiger partial charge in [-0.15, -0.1) is 13.2 Å². The van der Waals surface area contributed by atoms with Gasteiger partial charge >= 0.3 is 0 Å². The summed E-state index contributed by atoms with van der Waals surface area (Å²) in [6.45, 7) is 11.0. The van der Waals surface area contributed by atoms with E-state index in [0.29, 0.717) is 34.1 Å². The van der Waals surface area contributed by atoms with E-state index in [1.807, 2.05) is 60.7 Å². The molecule has 6 rings (SSSR count). The third kappa shape index (κ3) is 9.27. The van der Waals surface area contributed by atoms with Gasteiger partial charge in [-0.3, -0.25) is 4.79 Å². The van der Waals surface area contributed by atoms with Gasteiger partial charge in [-0.25, -0.2) is 0 Å². The molecule has 2 aliphatic carbocycles. The Morgan fingerprint density at radius 1 is 0.630 bits per heavy atom. The summed E-state index contributed by atoms with van der Waals surface area (Å²) >= 11 is 22.1. The number of hydrogen-bond acceptors (Lipinski definition) is 3. The first-order chi connectivity index (χ1) is 26.2. The van der Waals surface area contributed by atoms with E-state index in [1.54, 1.807) is 0 Å². The first-order valence-corrected chi connectivity index (χ1v) is 20.6. The van der Waals surface area contributed by atoms with Gasteiger partial charge in [-0.05, 0) is 70.4 Å². The Morgan fingerprint density at radius 3 is 1.39 bits per heavy atom. The Hall–Kier alpha value is -3.55. The van der Waals surface area contributed by atoms with Gasteiger partial charge in [-0.1, -0.05) is 189 Å². The van der Waals surface area contributed by atoms with Crippen molar-refractivity contribution in [2.75, 3.05) is 13.1 Å². The molecule has 0 heterocycles. The number of rotatable bonds is 16. The SMILES string of the molecule is C=CCCNCc1ccc(-c2ccccc2C2(Br)C=CC(C(=O)C3=C(Cl)CC(Br)(c4ccccc4-c4ccc(CNCCC=C)cc4)C=C3)=C(Cl)C2)cc1. The monoisotopic (exact) mass is 880 g/mol. The predicted molar refractivity (Wildman–Crippen MR) is 236 cm³/mol. The van der Waals surface area contributed by atoms with Gasteiger partial charge in [-0.2, -0.15) is 0 Å². The lowest BCUT2D eigenvalue weighted by molar-refractivity contribution is -0.111. The highest BCUT2D eigenvalue weighted by molar-refractivity contribution is 9.10. The maximum atomic E-state index is 14.1. The van der Waals surface area contributed by atoms with E-state index in [2.05, 4.69) is 128 Å². The molecule has 0 fully saturated rings. The van der Waals surface area contributed by atoms with Crippen LogP contribution in [-0.2, 0) is 26.5 Å². The standard InChI is InChI=1S/C47H44Br2Cl2N2O/c1-3-5-27-52-31-33-15-19-35(20-16-33)37-11-7-9-13-41(37)46(48)25-23-39(43(50)29-46)45(54)40-24-26-47(49,30-44(40)51)42-14-10-8-12-38(42)36-21-17-34(18-22-36)32-53-28-6-4-2/h3-4,7-26,52-53H,1-2,5-6,27-32H2. The van der Waals surface area contributed by atoms with E-state index < -0.39 is 8.65 Å². The number of allylic oxidation sites excluding steroid dienone is 8. The van der Waals surface area contributed by atoms with Crippen molar-refractivity contribution in [3.05, 3.63) is 190 Å². The lowest BCUT2D eigenvalue weighted by atomic mass is 9.81. The van der Waals surface area contributed by atoms with Crippen LogP contribution in [0.1, 0.15) is 47.9 Å². The van der Waals surface area contributed by atoms with Crippen molar-refractivity contribution in [3.63, 3.8) is 0 Å². The molecule has 3 nitrogen and oxygen atoms in total. The second kappa shape index (κ2) is 18.4. The molecular formula is C47H44Br2Cl2N2O. The van der Waals surface area contributed by atoms with E-state index >= 15 is 0 Å². The zero-order chi connectivity index (χ0) is 38.1. The van der Waals surface area contributed by atoms with Gasteiger partial charge < -0.3 is 10.6 Å². The lowest BCUT2D eigenvalue weighted by Crippen LogP contribution is -2.24. The third-order valence-electron chi connectivity index (χ3n) is 9.92. The van der Waals surface area contributed by atoms with Crippen molar-refractivity contribution in [3.8, 4) is 22.3 Å². The molecule has 0 amide bonds. The van der Waals surface area contributed by atoms with Crippen LogP contribution in [0, 0.1) is 0 Å². The fraction of sp³-hybridized carbons (Fsp3) is 0.213. The Kier molecular flexibility index (Phi) is 13.7. The second-order valence-electron chi connectivity index (χ2n) is 13.7. The second-order valence-corrected chi connectivity index (χ2v) is 17.4. The fourth-order valence-corrected chi connectivity index (χ4v) is 9.52. The van der Waals surface area contributed by atoms with Crippen LogP contribution >= 0.6 is 55.1 Å². The summed E-state index contributed by atoms with van der Waals surface area (Å²) in [4.78, 5) is 14.1. The molecule has 2 unspecified atom stereocenters. The molecule has 54 heavy (non-hydrogen) atoms. The number of carbonyl (C=O) groups is 1. The largest absolute Gasteiger partial charge is 0.312 e. The number of hydrogen-bond donors (Lipinski definition) is 2. The molecule has 0 radical (unpaired) electrons. The van der Waals surface area contributed by atoms with Crippen LogP contribution in [0.2, 0.25) is 0 Å². The van der Waals surface area contributed by atoms with Gasteiger partial charge in [0.2, 0.25) is 0 Å². The van der Waals surface area contributed by atoms with E-state index in [9.17, 15) is 4.79 Å². The molecular weight excluding hydrogens is 839 g/mol. The number of ketones is 1. The van der Waals surface area contributed by atoms with Crippen molar-refractivity contribution in [2.45, 2.75) is 47.4 Å². The molecule has 4 aromatic carbocycles. The molecule has 4 aromatic rings. The minimum Gasteiger partial charge on any atom is -0.312 e. The summed E-state index contributed by atoms with van der Waals surface area (Å²) < 4.78 is -1.18. The van der Waals surface area contributed by atoms with Gasteiger partial charge in [0.15, 0.2) is 5.78 Å². The Morgan fingerprint density at radius 2 is 1.02 bits per heavy atom. The lowest BCUT2D eigenvalue weighted by Gasteiger charge is -2.32. The molecule has 2 N–H and O–H groups in total. The normalized spacial score (nSPS) is 19.6. The quantitative estimate of drug-likeness (QED) is 0.0669. The van der Waals surface area contributed by atoms with Crippen molar-refractivity contribution < 1.29 is 4.79 Å². The summed E-state index contributed by atoms with van der Waals surface area (Å²) in [5.41, 5.74) is 9.95. The summed E-state index contributed by atoms with van der Waals surface area (Å²) in [5, 5.41) is 7.87. The summed E-state index contributed by atoms with van der Waals surface area (Å²) in [7, 11) is 0. The smallest absolute Gasteiger partial charge is 0.195 e. The van der Waals surface area contributed by atoms with Crippen molar-refractivity contribution in [1.29, 1.82) is 0 Å². The fourth-order valence-electron chi connectivity index (χ4n) is 6.96. The van der Waals surface area contributed by atoms with E-state index in [1.165, 1.54) is 11.1 Å². The number of Topliss-reactive ketones (excluding diaryl/α,β-unsaturated/α-hetero) is 1. The highest BCUT2D eigenvalue weighted by atomic mass is 79.9. The van der Waals surface area contributed by atoms with E-state index in [-0.39, 0.29) is 5.78 Å². The summed E-state index contributed by atoms with van der Waals surface area (Å²) in [6, 6.07) is 33.9. The minimum absolute atomic E-state index is 0.183. The van der Waals surface area contributed by atoms with Gasteiger partial charge in [0.25, 0.3) is 0 Å². The molecule has 7 heteroatoms. The van der Waals surface area contributed by atoms with Gasteiger partial charge in [0, 0.05) is 47.1 Å². The zero-order valence-corrected chi connectivity index (χ0v) is 34.9. The van der Waals surface area contributed by atoms with Crippen LogP contribution in [0.4, 0.5) is 0 Å². The van der Waals surface area contributed by atoms with Crippen LogP contribution < -0.4 is 10.6 Å². The third-order valence-corrected chi connectivity index (χ3v) is 12.5. The highest BCUT2D eigenvalue weighted by Gasteiger charge is 2.37. The number of carbonyl (C=O) groups excluding carboxylic acids is 1. The Balaban J connectivity index is 1.17. The molecule has 0 aliphatic heterocycles. The molecule has 2 aliphatic rings. The molecule has 0 saturated heterocycles. The molecule has 2 atom stereocenters. The zero-order valence-electron chi connectivity index (χ0n) is 30.2. The van der Waals surface area contributed by atoms with Gasteiger partial charge in [0.1, 0.15) is 0 Å². The van der Waals surface area contributed by atoms with Crippen LogP contribution in [-0.4, -0.2) is 18.9 Å². The first-order valence-electron chi connectivity index (χ1n) is 18.2. The molecule has 0 spiro atoms.